The Morgan fingerprint density at radius 1 is 1.48 bits per heavy atom. The van der Waals surface area contributed by atoms with Gasteiger partial charge in [0.2, 0.25) is 5.91 Å². The molecule has 0 aromatic heterocycles. The van der Waals surface area contributed by atoms with Gasteiger partial charge in [-0.3, -0.25) is 10.2 Å². The van der Waals surface area contributed by atoms with Crippen molar-refractivity contribution >= 4 is 22.7 Å². The lowest BCUT2D eigenvalue weighted by Gasteiger charge is -2.39. The van der Waals surface area contributed by atoms with E-state index in [1.54, 1.807) is 23.8 Å². The summed E-state index contributed by atoms with van der Waals surface area (Å²) in [6.45, 7) is 5.14. The highest BCUT2D eigenvalue weighted by molar-refractivity contribution is 6.66. The standard InChI is InChI=1S/C19H24ClF2N3O2/c1-11-5-13(7-24(4)16(11)27-10-18(3,21)22)8-25-9-19(17(20)23)12(2)6-14(19)15(25)26/h5-6,14,23H,7-10H2,1-4H3. The van der Waals surface area contributed by atoms with E-state index in [-0.39, 0.29) is 17.0 Å². The largest absolute Gasteiger partial charge is 0.472 e. The minimum Gasteiger partial charge on any atom is -0.472 e. The number of carbonyl (C=O) groups excluding carboxylic acids is 1. The third-order valence-electron chi connectivity index (χ3n) is 5.46. The molecular weight excluding hydrogens is 376 g/mol. The minimum absolute atomic E-state index is 0.00495. The number of ether oxygens (including phenoxy) is 1. The first kappa shape index (κ1) is 19.9. The molecule has 0 aromatic rings. The van der Waals surface area contributed by atoms with Crippen LogP contribution in [0.5, 0.6) is 0 Å². The molecule has 2 heterocycles. The fraction of sp³-hybridized carbons (Fsp3) is 0.579. The molecule has 0 spiro atoms. The van der Waals surface area contributed by atoms with Gasteiger partial charge in [-0.15, -0.1) is 0 Å². The van der Waals surface area contributed by atoms with Gasteiger partial charge in [0.05, 0.1) is 11.3 Å². The molecule has 1 saturated heterocycles. The molecule has 0 saturated carbocycles. The van der Waals surface area contributed by atoms with Crippen LogP contribution in [0.25, 0.3) is 0 Å². The van der Waals surface area contributed by atoms with Gasteiger partial charge in [-0.05, 0) is 19.4 Å². The number of nitrogens with one attached hydrogen (secondary N) is 1. The Hall–Kier alpha value is -1.89. The Labute approximate surface area is 162 Å². The maximum absolute atomic E-state index is 13.1. The maximum Gasteiger partial charge on any atom is 0.278 e. The lowest BCUT2D eigenvalue weighted by Crippen LogP contribution is -2.43. The lowest BCUT2D eigenvalue weighted by atomic mass is 9.64. The van der Waals surface area contributed by atoms with E-state index < -0.39 is 17.9 Å². The van der Waals surface area contributed by atoms with Gasteiger partial charge < -0.3 is 14.5 Å². The van der Waals surface area contributed by atoms with Crippen LogP contribution < -0.4 is 0 Å². The summed E-state index contributed by atoms with van der Waals surface area (Å²) in [5, 5.41) is 7.93. The number of likely N-dealkylation sites (N-methyl/N-ethyl adjacent to an activating group) is 1. The van der Waals surface area contributed by atoms with E-state index in [2.05, 4.69) is 0 Å². The number of amides is 1. The van der Waals surface area contributed by atoms with Gasteiger partial charge >= 0.3 is 0 Å². The van der Waals surface area contributed by atoms with Crippen LogP contribution in [-0.2, 0) is 9.53 Å². The number of hydrogen-bond donors (Lipinski definition) is 1. The summed E-state index contributed by atoms with van der Waals surface area (Å²) < 4.78 is 31.4. The Bertz CT molecular complexity index is 784. The van der Waals surface area contributed by atoms with Crippen molar-refractivity contribution in [2.75, 3.05) is 33.3 Å². The van der Waals surface area contributed by atoms with Gasteiger partial charge in [-0.2, -0.15) is 0 Å². The first-order chi connectivity index (χ1) is 12.5. The third-order valence-corrected chi connectivity index (χ3v) is 5.80. The van der Waals surface area contributed by atoms with Crippen molar-refractivity contribution in [3.05, 3.63) is 34.8 Å². The Kier molecular flexibility index (Phi) is 4.87. The topological polar surface area (TPSA) is 56.6 Å². The van der Waals surface area contributed by atoms with Crippen molar-refractivity contribution < 1.29 is 18.3 Å². The number of halogens is 3. The van der Waals surface area contributed by atoms with E-state index in [1.165, 1.54) is 0 Å². The predicted molar refractivity (Wildman–Crippen MR) is 99.8 cm³/mol. The monoisotopic (exact) mass is 399 g/mol. The molecule has 5 nitrogen and oxygen atoms in total. The van der Waals surface area contributed by atoms with Crippen molar-refractivity contribution in [1.82, 2.24) is 9.80 Å². The molecular formula is C19H24ClF2N3O2. The Balaban J connectivity index is 1.73. The van der Waals surface area contributed by atoms with Crippen LogP contribution >= 0.6 is 11.6 Å². The average Bonchev–Trinajstić information content (AvgIpc) is 2.74. The number of allylic oxidation sites excluding steroid dienone is 2. The maximum atomic E-state index is 13.1. The van der Waals surface area contributed by atoms with Gasteiger partial charge in [-0.25, -0.2) is 8.78 Å². The van der Waals surface area contributed by atoms with Crippen LogP contribution in [0.1, 0.15) is 20.8 Å². The van der Waals surface area contributed by atoms with Crippen molar-refractivity contribution in [2.45, 2.75) is 26.7 Å². The van der Waals surface area contributed by atoms with Crippen LogP contribution in [0.4, 0.5) is 8.78 Å². The van der Waals surface area contributed by atoms with Crippen molar-refractivity contribution in [3.8, 4) is 0 Å². The van der Waals surface area contributed by atoms with Crippen LogP contribution in [-0.4, -0.2) is 60.1 Å². The summed E-state index contributed by atoms with van der Waals surface area (Å²) >= 11 is 6.03. The van der Waals surface area contributed by atoms with E-state index in [0.29, 0.717) is 25.5 Å². The van der Waals surface area contributed by atoms with E-state index in [9.17, 15) is 13.6 Å². The zero-order chi connectivity index (χ0) is 20.1. The van der Waals surface area contributed by atoms with Gasteiger partial charge in [-0.1, -0.05) is 29.3 Å². The van der Waals surface area contributed by atoms with Crippen molar-refractivity contribution in [3.63, 3.8) is 0 Å². The zero-order valence-electron chi connectivity index (χ0n) is 15.9. The van der Waals surface area contributed by atoms with E-state index in [0.717, 1.165) is 23.6 Å². The Morgan fingerprint density at radius 2 is 2.15 bits per heavy atom. The number of carbonyl (C=O) groups is 1. The molecule has 1 aliphatic carbocycles. The van der Waals surface area contributed by atoms with Gasteiger partial charge in [0, 0.05) is 39.2 Å². The van der Waals surface area contributed by atoms with E-state index >= 15 is 0 Å². The predicted octanol–water partition coefficient (Wildman–Crippen LogP) is 3.38. The number of likely N-dealkylation sites (tertiary alicyclic amines) is 1. The summed E-state index contributed by atoms with van der Waals surface area (Å²) in [5.41, 5.74) is 2.01. The van der Waals surface area contributed by atoms with Gasteiger partial charge in [0.25, 0.3) is 5.92 Å². The second kappa shape index (κ2) is 6.62. The van der Waals surface area contributed by atoms with Crippen LogP contribution in [0.15, 0.2) is 34.8 Å². The molecule has 2 unspecified atom stereocenters. The molecule has 8 heteroatoms. The number of hydrogen-bond acceptors (Lipinski definition) is 4. The van der Waals surface area contributed by atoms with E-state index in [1.807, 2.05) is 19.1 Å². The molecule has 27 heavy (non-hydrogen) atoms. The van der Waals surface area contributed by atoms with E-state index in [4.69, 9.17) is 21.7 Å². The molecule has 2 aliphatic heterocycles. The van der Waals surface area contributed by atoms with Crippen LogP contribution in [0, 0.1) is 16.7 Å². The molecule has 148 valence electrons. The second-order valence-electron chi connectivity index (χ2n) is 7.81. The van der Waals surface area contributed by atoms with Crippen molar-refractivity contribution in [1.29, 1.82) is 5.41 Å². The smallest absolute Gasteiger partial charge is 0.278 e. The van der Waals surface area contributed by atoms with Crippen molar-refractivity contribution in [2.24, 2.45) is 11.3 Å². The second-order valence-corrected chi connectivity index (χ2v) is 8.19. The summed E-state index contributed by atoms with van der Waals surface area (Å²) in [6, 6.07) is 0. The normalized spacial score (nSPS) is 28.0. The number of rotatable bonds is 6. The van der Waals surface area contributed by atoms with Gasteiger partial charge in [0.15, 0.2) is 12.5 Å². The summed E-state index contributed by atoms with van der Waals surface area (Å²) in [7, 11) is 1.77. The molecule has 1 N–H and O–H groups in total. The first-order valence-electron chi connectivity index (χ1n) is 8.80. The van der Waals surface area contributed by atoms with Gasteiger partial charge in [0.1, 0.15) is 5.17 Å². The molecule has 2 atom stereocenters. The lowest BCUT2D eigenvalue weighted by molar-refractivity contribution is -0.130. The zero-order valence-corrected chi connectivity index (χ0v) is 16.7. The summed E-state index contributed by atoms with van der Waals surface area (Å²) in [6.07, 6.45) is 3.76. The first-order valence-corrected chi connectivity index (χ1v) is 9.18. The molecule has 1 amide bonds. The SMILES string of the molecule is CC1=CC2C(=O)N(CC3=CC(C)=C(OCC(C)(F)F)N(C)C3)CC12C(=N)Cl. The van der Waals surface area contributed by atoms with Crippen LogP contribution in [0.3, 0.4) is 0 Å². The fourth-order valence-corrected chi connectivity index (χ4v) is 4.46. The Morgan fingerprint density at radius 3 is 2.63 bits per heavy atom. The molecule has 3 rings (SSSR count). The highest BCUT2D eigenvalue weighted by atomic mass is 35.5. The number of alkyl halides is 2. The summed E-state index contributed by atoms with van der Waals surface area (Å²) in [4.78, 5) is 16.2. The van der Waals surface area contributed by atoms with Crippen LogP contribution in [0.2, 0.25) is 0 Å². The molecule has 0 radical (unpaired) electrons. The highest BCUT2D eigenvalue weighted by Crippen LogP contribution is 2.53. The molecule has 3 aliphatic rings. The molecule has 1 fully saturated rings. The molecule has 0 bridgehead atoms. The summed E-state index contributed by atoms with van der Waals surface area (Å²) in [5.74, 6) is -2.86. The number of fused-ring (bicyclic) bond motifs is 1. The highest BCUT2D eigenvalue weighted by Gasteiger charge is 2.60. The quantitative estimate of drug-likeness (QED) is 0.550. The number of nitrogens with zero attached hydrogens (tertiary/aromatic N) is 2. The minimum atomic E-state index is -2.90. The fourth-order valence-electron chi connectivity index (χ4n) is 4.13. The molecule has 0 aromatic carbocycles. The average molecular weight is 400 g/mol. The third kappa shape index (κ3) is 3.37.